The fraction of sp³-hybridized carbons (Fsp3) is 0.917. The molecule has 7 atom stereocenters. The summed E-state index contributed by atoms with van der Waals surface area (Å²) in [5, 5.41) is 11.1. The Morgan fingerprint density at radius 2 is 1.78 bits per heavy atom. The third-order valence-electron chi connectivity index (χ3n) is 9.54. The zero-order valence-corrected chi connectivity index (χ0v) is 17.9. The summed E-state index contributed by atoms with van der Waals surface area (Å²) >= 11 is 0. The molecule has 0 aliphatic heterocycles. The van der Waals surface area contributed by atoms with Gasteiger partial charge >= 0.3 is 0 Å². The van der Waals surface area contributed by atoms with E-state index in [1.165, 1.54) is 38.5 Å². The van der Waals surface area contributed by atoms with Crippen LogP contribution in [0.5, 0.6) is 0 Å². The zero-order valence-electron chi connectivity index (χ0n) is 17.9. The Morgan fingerprint density at radius 3 is 2.48 bits per heavy atom. The van der Waals surface area contributed by atoms with E-state index < -0.39 is 5.60 Å². The molecule has 1 N–H and O–H groups in total. The van der Waals surface area contributed by atoms with Crippen LogP contribution >= 0.6 is 0 Å². The topological polar surface area (TPSA) is 38.7 Å². The number of allylic oxidation sites excluding steroid dienone is 2. The van der Waals surface area contributed by atoms with Crippen molar-refractivity contribution in [2.75, 3.05) is 27.4 Å². The van der Waals surface area contributed by atoms with Gasteiger partial charge in [-0.1, -0.05) is 18.6 Å². The fourth-order valence-electron chi connectivity index (χ4n) is 8.40. The molecule has 0 aromatic heterocycles. The van der Waals surface area contributed by atoms with Gasteiger partial charge in [-0.15, -0.1) is 0 Å². The highest BCUT2D eigenvalue weighted by molar-refractivity contribution is 5.24. The van der Waals surface area contributed by atoms with E-state index in [0.717, 1.165) is 43.6 Å². The third-order valence-corrected chi connectivity index (χ3v) is 9.54. The second-order valence-corrected chi connectivity index (χ2v) is 10.5. The first-order chi connectivity index (χ1) is 12.9. The van der Waals surface area contributed by atoms with Gasteiger partial charge in [-0.3, -0.25) is 0 Å². The molecule has 3 heteroatoms. The average Bonchev–Trinajstić information content (AvgIpc) is 2.99. The van der Waals surface area contributed by atoms with Gasteiger partial charge in [-0.2, -0.15) is 0 Å². The molecule has 0 amide bonds. The third kappa shape index (κ3) is 2.95. The molecule has 4 aliphatic carbocycles. The van der Waals surface area contributed by atoms with Gasteiger partial charge in [0.05, 0.1) is 18.8 Å². The van der Waals surface area contributed by atoms with Crippen molar-refractivity contribution >= 4 is 0 Å². The molecule has 0 aromatic rings. The van der Waals surface area contributed by atoms with E-state index in [9.17, 15) is 5.11 Å². The maximum absolute atomic E-state index is 11.1. The summed E-state index contributed by atoms with van der Waals surface area (Å²) in [7, 11) is 3.60. The Bertz CT molecular complexity index is 586. The van der Waals surface area contributed by atoms with Gasteiger partial charge in [0.2, 0.25) is 0 Å². The van der Waals surface area contributed by atoms with Crippen LogP contribution in [0.4, 0.5) is 0 Å². The van der Waals surface area contributed by atoms with E-state index in [1.54, 1.807) is 12.7 Å². The molecule has 0 radical (unpaired) electrons. The number of fused-ring (bicyclic) bond motifs is 5. The summed E-state index contributed by atoms with van der Waals surface area (Å²) in [6.45, 7) is 6.16. The summed E-state index contributed by atoms with van der Waals surface area (Å²) in [5.41, 5.74) is 1.82. The van der Waals surface area contributed by atoms with Crippen molar-refractivity contribution in [1.82, 2.24) is 0 Å². The summed E-state index contributed by atoms with van der Waals surface area (Å²) in [6.07, 6.45) is 13.3. The molecule has 4 rings (SSSR count). The summed E-state index contributed by atoms with van der Waals surface area (Å²) in [5.74, 6) is 3.07. The van der Waals surface area contributed by atoms with Crippen LogP contribution in [0.25, 0.3) is 0 Å². The number of rotatable bonds is 4. The highest BCUT2D eigenvalue weighted by atomic mass is 16.5. The molecule has 0 saturated heterocycles. The molecule has 4 aliphatic rings. The fourth-order valence-corrected chi connectivity index (χ4v) is 8.40. The molecule has 27 heavy (non-hydrogen) atoms. The largest absolute Gasteiger partial charge is 0.387 e. The van der Waals surface area contributed by atoms with Crippen LogP contribution in [-0.4, -0.2) is 38.1 Å². The molecule has 4 saturated carbocycles. The van der Waals surface area contributed by atoms with Gasteiger partial charge < -0.3 is 14.6 Å². The number of methoxy groups -OCH3 is 2. The predicted octanol–water partition coefficient (Wildman–Crippen LogP) is 4.98. The lowest BCUT2D eigenvalue weighted by Crippen LogP contribution is -2.59. The van der Waals surface area contributed by atoms with Crippen LogP contribution in [0.2, 0.25) is 0 Å². The van der Waals surface area contributed by atoms with Crippen LogP contribution in [0.3, 0.4) is 0 Å². The van der Waals surface area contributed by atoms with Crippen LogP contribution in [0.15, 0.2) is 11.6 Å². The maximum atomic E-state index is 11.1. The molecular weight excluding hydrogens is 336 g/mol. The van der Waals surface area contributed by atoms with Crippen LogP contribution in [-0.2, 0) is 9.47 Å². The van der Waals surface area contributed by atoms with Gasteiger partial charge in [0.1, 0.15) is 0 Å². The van der Waals surface area contributed by atoms with Crippen LogP contribution in [0.1, 0.15) is 71.6 Å². The molecule has 3 nitrogen and oxygen atoms in total. The Morgan fingerprint density at radius 1 is 1.00 bits per heavy atom. The average molecular weight is 377 g/mol. The number of hydrogen-bond donors (Lipinski definition) is 1. The minimum absolute atomic E-state index is 0.275. The molecular formula is C24H40O3. The second-order valence-electron chi connectivity index (χ2n) is 10.5. The lowest BCUT2D eigenvalue weighted by Gasteiger charge is -2.62. The van der Waals surface area contributed by atoms with Gasteiger partial charge in [0, 0.05) is 14.2 Å². The zero-order chi connectivity index (χ0) is 19.3. The number of aliphatic hydroxyl groups is 1. The molecule has 154 valence electrons. The van der Waals surface area contributed by atoms with Crippen molar-refractivity contribution in [2.45, 2.75) is 77.2 Å². The Hall–Kier alpha value is -0.380. The van der Waals surface area contributed by atoms with Crippen LogP contribution < -0.4 is 0 Å². The normalized spacial score (nSPS) is 50.9. The SMILES string of the molecule is CC=C1CC[C@H]2[C@@H]3CC[C@H]4C[C@@](O)(COC)CC[C@]4(COC)[C@H]3CC[C@]12C. The van der Waals surface area contributed by atoms with E-state index in [1.807, 2.05) is 7.11 Å². The second kappa shape index (κ2) is 7.15. The lowest BCUT2D eigenvalue weighted by molar-refractivity contribution is -0.182. The lowest BCUT2D eigenvalue weighted by atomic mass is 9.44. The summed E-state index contributed by atoms with van der Waals surface area (Å²) in [6, 6.07) is 0. The van der Waals surface area contributed by atoms with Crippen molar-refractivity contribution in [3.8, 4) is 0 Å². The first-order valence-corrected chi connectivity index (χ1v) is 11.3. The summed E-state index contributed by atoms with van der Waals surface area (Å²) in [4.78, 5) is 0. The van der Waals surface area contributed by atoms with Crippen molar-refractivity contribution in [3.63, 3.8) is 0 Å². The molecule has 0 heterocycles. The smallest absolute Gasteiger partial charge is 0.0883 e. The highest BCUT2D eigenvalue weighted by Gasteiger charge is 2.61. The van der Waals surface area contributed by atoms with Crippen molar-refractivity contribution in [1.29, 1.82) is 0 Å². The van der Waals surface area contributed by atoms with Crippen molar-refractivity contribution < 1.29 is 14.6 Å². The Balaban J connectivity index is 1.63. The maximum Gasteiger partial charge on any atom is 0.0883 e. The minimum atomic E-state index is -0.627. The number of hydrogen-bond acceptors (Lipinski definition) is 3. The monoisotopic (exact) mass is 376 g/mol. The quantitative estimate of drug-likeness (QED) is 0.703. The van der Waals surface area contributed by atoms with Gasteiger partial charge in [-0.05, 0) is 99.2 Å². The first-order valence-electron chi connectivity index (χ1n) is 11.3. The molecule has 4 fully saturated rings. The standard InChI is InChI=1S/C24H40O3/c1-5-17-7-9-20-19-8-6-18-14-23(25,15-26-3)12-13-24(18,16-27-4)21(19)10-11-22(17,20)2/h5,18-21,25H,6-16H2,1-4H3/t18-,19-,20-,21-,22+,23+,24+/m0/s1. The van der Waals surface area contributed by atoms with Crippen LogP contribution in [0, 0.1) is 34.5 Å². The van der Waals surface area contributed by atoms with Crippen molar-refractivity contribution in [3.05, 3.63) is 11.6 Å². The van der Waals surface area contributed by atoms with Gasteiger partial charge in [0.25, 0.3) is 0 Å². The molecule has 0 bridgehead atoms. The van der Waals surface area contributed by atoms with Gasteiger partial charge in [-0.25, -0.2) is 0 Å². The molecule has 0 unspecified atom stereocenters. The van der Waals surface area contributed by atoms with Crippen molar-refractivity contribution in [2.24, 2.45) is 34.5 Å². The van der Waals surface area contributed by atoms with E-state index >= 15 is 0 Å². The van der Waals surface area contributed by atoms with E-state index in [0.29, 0.717) is 17.9 Å². The minimum Gasteiger partial charge on any atom is -0.387 e. The van der Waals surface area contributed by atoms with E-state index in [-0.39, 0.29) is 5.41 Å². The highest BCUT2D eigenvalue weighted by Crippen LogP contribution is 2.68. The van der Waals surface area contributed by atoms with Gasteiger partial charge in [0.15, 0.2) is 0 Å². The predicted molar refractivity (Wildman–Crippen MR) is 109 cm³/mol. The Kier molecular flexibility index (Phi) is 5.27. The first kappa shape index (κ1) is 19.9. The molecule has 0 aromatic carbocycles. The molecule has 0 spiro atoms. The van der Waals surface area contributed by atoms with E-state index in [2.05, 4.69) is 19.9 Å². The number of ether oxygens (including phenoxy) is 2. The van der Waals surface area contributed by atoms with E-state index in [4.69, 9.17) is 9.47 Å². The Labute approximate surface area is 165 Å². The summed E-state index contributed by atoms with van der Waals surface area (Å²) < 4.78 is 11.2.